The molecule has 3 rings (SSSR count). The second kappa shape index (κ2) is 5.40. The maximum Gasteiger partial charge on any atom is 0.337 e. The molecule has 0 aliphatic carbocycles. The minimum atomic E-state index is -0.361. The Morgan fingerprint density at radius 2 is 1.95 bits per heavy atom. The fourth-order valence-corrected chi connectivity index (χ4v) is 2.44. The molecule has 2 aromatic carbocycles. The Hall–Kier alpha value is -2.62. The number of benzene rings is 2. The van der Waals surface area contributed by atoms with Crippen LogP contribution in [0.2, 0.25) is 0 Å². The molecule has 21 heavy (non-hydrogen) atoms. The first-order valence-corrected chi connectivity index (χ1v) is 6.61. The summed E-state index contributed by atoms with van der Waals surface area (Å²) in [5, 5.41) is 0.620. The summed E-state index contributed by atoms with van der Waals surface area (Å²) in [6.07, 6.45) is 2.42. The maximum atomic E-state index is 13.9. The molecule has 3 nitrogen and oxygen atoms in total. The van der Waals surface area contributed by atoms with Crippen molar-refractivity contribution >= 4 is 16.9 Å². The molecule has 1 aromatic heterocycles. The van der Waals surface area contributed by atoms with Gasteiger partial charge in [-0.3, -0.25) is 0 Å². The number of rotatable bonds is 3. The third kappa shape index (κ3) is 2.52. The summed E-state index contributed by atoms with van der Waals surface area (Å²) in [7, 11) is 1.35. The first kappa shape index (κ1) is 13.4. The first-order valence-electron chi connectivity index (χ1n) is 6.61. The van der Waals surface area contributed by atoms with Crippen LogP contribution in [-0.2, 0) is 11.2 Å². The van der Waals surface area contributed by atoms with Gasteiger partial charge in [0.2, 0.25) is 0 Å². The zero-order chi connectivity index (χ0) is 14.8. The van der Waals surface area contributed by atoms with Crippen molar-refractivity contribution in [3.63, 3.8) is 0 Å². The lowest BCUT2D eigenvalue weighted by molar-refractivity contribution is 0.0600. The van der Waals surface area contributed by atoms with Gasteiger partial charge in [0.25, 0.3) is 0 Å². The van der Waals surface area contributed by atoms with Crippen molar-refractivity contribution in [2.75, 3.05) is 7.11 Å². The van der Waals surface area contributed by atoms with Crippen molar-refractivity contribution in [1.29, 1.82) is 0 Å². The number of esters is 1. The van der Waals surface area contributed by atoms with Crippen molar-refractivity contribution in [1.82, 2.24) is 4.98 Å². The smallest absolute Gasteiger partial charge is 0.337 e. The van der Waals surface area contributed by atoms with Crippen molar-refractivity contribution < 1.29 is 13.9 Å². The highest BCUT2D eigenvalue weighted by Gasteiger charge is 2.10. The van der Waals surface area contributed by atoms with E-state index in [2.05, 4.69) is 9.72 Å². The van der Waals surface area contributed by atoms with Crippen LogP contribution in [0.15, 0.2) is 48.7 Å². The number of ether oxygens (including phenoxy) is 1. The van der Waals surface area contributed by atoms with Gasteiger partial charge >= 0.3 is 5.97 Å². The Bertz CT molecular complexity index is 790. The van der Waals surface area contributed by atoms with E-state index in [1.165, 1.54) is 13.2 Å². The molecule has 0 aliphatic rings. The average Bonchev–Trinajstić information content (AvgIpc) is 2.92. The van der Waals surface area contributed by atoms with E-state index in [1.807, 2.05) is 24.4 Å². The fraction of sp³-hybridized carbons (Fsp3) is 0.118. The SMILES string of the molecule is COC(=O)c1ccc(Cc2c[nH]c3cccc(F)c23)cc1. The predicted molar refractivity (Wildman–Crippen MR) is 78.8 cm³/mol. The summed E-state index contributed by atoms with van der Waals surface area (Å²) < 4.78 is 18.6. The molecule has 0 spiro atoms. The maximum absolute atomic E-state index is 13.9. The van der Waals surface area contributed by atoms with Gasteiger partial charge in [-0.2, -0.15) is 0 Å². The van der Waals surface area contributed by atoms with Gasteiger partial charge in [-0.25, -0.2) is 9.18 Å². The zero-order valence-corrected chi connectivity index (χ0v) is 11.5. The molecule has 1 heterocycles. The van der Waals surface area contributed by atoms with Crippen molar-refractivity contribution in [3.8, 4) is 0 Å². The van der Waals surface area contributed by atoms with E-state index in [0.29, 0.717) is 17.4 Å². The van der Waals surface area contributed by atoms with Crippen molar-refractivity contribution in [2.24, 2.45) is 0 Å². The molecule has 0 unspecified atom stereocenters. The molecular formula is C17H14FNO2. The Morgan fingerprint density at radius 3 is 2.67 bits per heavy atom. The highest BCUT2D eigenvalue weighted by atomic mass is 19.1. The number of methoxy groups -OCH3 is 1. The first-order chi connectivity index (χ1) is 10.2. The number of carbonyl (C=O) groups is 1. The number of aromatic amines is 1. The van der Waals surface area contributed by atoms with E-state index in [1.54, 1.807) is 18.2 Å². The molecule has 3 aromatic rings. The van der Waals surface area contributed by atoms with Crippen LogP contribution in [0.4, 0.5) is 4.39 Å². The van der Waals surface area contributed by atoms with Crippen LogP contribution < -0.4 is 0 Å². The van der Waals surface area contributed by atoms with Gasteiger partial charge in [-0.1, -0.05) is 18.2 Å². The van der Waals surface area contributed by atoms with Crippen LogP contribution in [0, 0.1) is 5.82 Å². The fourth-order valence-electron chi connectivity index (χ4n) is 2.44. The Labute approximate surface area is 121 Å². The van der Waals surface area contributed by atoms with Gasteiger partial charge in [0, 0.05) is 17.1 Å². The third-order valence-corrected chi connectivity index (χ3v) is 3.51. The lowest BCUT2D eigenvalue weighted by atomic mass is 10.0. The van der Waals surface area contributed by atoms with Crippen LogP contribution in [0.5, 0.6) is 0 Å². The van der Waals surface area contributed by atoms with Gasteiger partial charge in [-0.05, 0) is 41.8 Å². The molecule has 0 bridgehead atoms. The number of halogens is 1. The third-order valence-electron chi connectivity index (χ3n) is 3.51. The molecule has 0 radical (unpaired) electrons. The highest BCUT2D eigenvalue weighted by Crippen LogP contribution is 2.24. The molecule has 0 atom stereocenters. The van der Waals surface area contributed by atoms with Gasteiger partial charge in [0.15, 0.2) is 0 Å². The van der Waals surface area contributed by atoms with E-state index >= 15 is 0 Å². The Balaban J connectivity index is 1.90. The Morgan fingerprint density at radius 1 is 1.19 bits per heavy atom. The van der Waals surface area contributed by atoms with E-state index in [4.69, 9.17) is 0 Å². The molecule has 0 saturated heterocycles. The second-order valence-electron chi connectivity index (χ2n) is 4.84. The highest BCUT2D eigenvalue weighted by molar-refractivity contribution is 5.89. The van der Waals surface area contributed by atoms with Gasteiger partial charge < -0.3 is 9.72 Å². The molecule has 0 saturated carbocycles. The summed E-state index contributed by atoms with van der Waals surface area (Å²) in [5.41, 5.74) is 3.20. The van der Waals surface area contributed by atoms with Gasteiger partial charge in [-0.15, -0.1) is 0 Å². The zero-order valence-electron chi connectivity index (χ0n) is 11.5. The van der Waals surface area contributed by atoms with Crippen LogP contribution in [0.3, 0.4) is 0 Å². The van der Waals surface area contributed by atoms with E-state index in [-0.39, 0.29) is 11.8 Å². The summed E-state index contributed by atoms with van der Waals surface area (Å²) >= 11 is 0. The summed E-state index contributed by atoms with van der Waals surface area (Å²) in [4.78, 5) is 14.5. The lowest BCUT2D eigenvalue weighted by Gasteiger charge is -2.03. The minimum absolute atomic E-state index is 0.227. The number of fused-ring (bicyclic) bond motifs is 1. The largest absolute Gasteiger partial charge is 0.465 e. The molecule has 1 N–H and O–H groups in total. The van der Waals surface area contributed by atoms with Crippen LogP contribution in [-0.4, -0.2) is 18.1 Å². The number of hydrogen-bond donors (Lipinski definition) is 1. The van der Waals surface area contributed by atoms with E-state index < -0.39 is 0 Å². The minimum Gasteiger partial charge on any atom is -0.465 e. The standard InChI is InChI=1S/C17H14FNO2/c1-21-17(20)12-7-5-11(6-8-12)9-13-10-19-15-4-2-3-14(18)16(13)15/h2-8,10,19H,9H2,1H3. The number of hydrogen-bond acceptors (Lipinski definition) is 2. The predicted octanol–water partition coefficient (Wildman–Crippen LogP) is 3.68. The molecule has 106 valence electrons. The molecule has 4 heteroatoms. The molecule has 0 amide bonds. The molecule has 0 aliphatic heterocycles. The molecule has 0 fully saturated rings. The summed E-state index contributed by atoms with van der Waals surface area (Å²) in [6.45, 7) is 0. The second-order valence-corrected chi connectivity index (χ2v) is 4.84. The number of H-pyrrole nitrogens is 1. The summed E-state index contributed by atoms with van der Waals surface area (Å²) in [6, 6.07) is 12.1. The van der Waals surface area contributed by atoms with Crippen LogP contribution in [0.25, 0.3) is 10.9 Å². The lowest BCUT2D eigenvalue weighted by Crippen LogP contribution is -2.00. The normalized spacial score (nSPS) is 10.8. The van der Waals surface area contributed by atoms with Crippen LogP contribution in [0.1, 0.15) is 21.5 Å². The van der Waals surface area contributed by atoms with Crippen LogP contribution >= 0.6 is 0 Å². The van der Waals surface area contributed by atoms with E-state index in [0.717, 1.165) is 16.6 Å². The monoisotopic (exact) mass is 283 g/mol. The Kier molecular flexibility index (Phi) is 3.44. The number of carbonyl (C=O) groups excluding carboxylic acids is 1. The van der Waals surface area contributed by atoms with Gasteiger partial charge in [0.1, 0.15) is 5.82 Å². The van der Waals surface area contributed by atoms with Crippen molar-refractivity contribution in [3.05, 3.63) is 71.2 Å². The number of aromatic nitrogens is 1. The molecular weight excluding hydrogens is 269 g/mol. The average molecular weight is 283 g/mol. The quantitative estimate of drug-likeness (QED) is 0.745. The summed E-state index contributed by atoms with van der Waals surface area (Å²) in [5.74, 6) is -0.588. The number of nitrogens with one attached hydrogen (secondary N) is 1. The van der Waals surface area contributed by atoms with E-state index in [9.17, 15) is 9.18 Å². The topological polar surface area (TPSA) is 42.1 Å². The van der Waals surface area contributed by atoms with Gasteiger partial charge in [0.05, 0.1) is 12.7 Å². The van der Waals surface area contributed by atoms with Crippen molar-refractivity contribution in [2.45, 2.75) is 6.42 Å².